The molecule has 1 aliphatic rings. The van der Waals surface area contributed by atoms with Gasteiger partial charge in [0.15, 0.2) is 0 Å². The molecule has 22 heavy (non-hydrogen) atoms. The number of hydrogen-bond acceptors (Lipinski definition) is 4. The molecule has 5 nitrogen and oxygen atoms in total. The van der Waals surface area contributed by atoms with Crippen LogP contribution in [0, 0.1) is 0 Å². The Morgan fingerprint density at radius 1 is 1.23 bits per heavy atom. The second-order valence-electron chi connectivity index (χ2n) is 5.81. The Labute approximate surface area is 131 Å². The van der Waals surface area contributed by atoms with E-state index in [-0.39, 0.29) is 6.61 Å². The maximum absolute atomic E-state index is 9.08. The number of rotatable bonds is 5. The van der Waals surface area contributed by atoms with E-state index in [0.717, 1.165) is 43.1 Å². The lowest BCUT2D eigenvalue weighted by Crippen LogP contribution is -2.35. The molecule has 1 fully saturated rings. The minimum Gasteiger partial charge on any atom is -0.490 e. The van der Waals surface area contributed by atoms with Crippen molar-refractivity contribution in [3.8, 4) is 17.1 Å². The Hall–Kier alpha value is -1.85. The van der Waals surface area contributed by atoms with E-state index < -0.39 is 0 Å². The summed E-state index contributed by atoms with van der Waals surface area (Å²) in [5.74, 6) is 1.79. The lowest BCUT2D eigenvalue weighted by Gasteiger charge is -2.29. The van der Waals surface area contributed by atoms with Crippen molar-refractivity contribution in [1.29, 1.82) is 0 Å². The normalized spacial score (nSPS) is 16.8. The molecule has 118 valence electrons. The number of piperidine rings is 1. The smallest absolute Gasteiger partial charge is 0.139 e. The Morgan fingerprint density at radius 2 is 1.95 bits per heavy atom. The first-order valence-electron chi connectivity index (χ1n) is 7.84. The third kappa shape index (κ3) is 3.48. The molecule has 3 rings (SSSR count). The van der Waals surface area contributed by atoms with E-state index in [2.05, 4.69) is 16.9 Å². The summed E-state index contributed by atoms with van der Waals surface area (Å²) in [6, 6.07) is 8.07. The third-order valence-corrected chi connectivity index (χ3v) is 4.14. The van der Waals surface area contributed by atoms with Gasteiger partial charge in [-0.25, -0.2) is 4.98 Å². The van der Waals surface area contributed by atoms with E-state index in [1.165, 1.54) is 0 Å². The van der Waals surface area contributed by atoms with Crippen molar-refractivity contribution >= 4 is 0 Å². The highest BCUT2D eigenvalue weighted by Gasteiger charge is 2.18. The molecule has 0 radical (unpaired) electrons. The van der Waals surface area contributed by atoms with Crippen LogP contribution in [0.2, 0.25) is 0 Å². The highest BCUT2D eigenvalue weighted by atomic mass is 16.5. The summed E-state index contributed by atoms with van der Waals surface area (Å²) in [5.41, 5.74) is 1.04. The average Bonchev–Trinajstić information content (AvgIpc) is 2.99. The molecular formula is C17H23N3O2. The molecule has 0 bridgehead atoms. The van der Waals surface area contributed by atoms with Crippen LogP contribution in [0.15, 0.2) is 36.7 Å². The lowest BCUT2D eigenvalue weighted by molar-refractivity contribution is 0.114. The van der Waals surface area contributed by atoms with Crippen molar-refractivity contribution < 1.29 is 9.84 Å². The largest absolute Gasteiger partial charge is 0.490 e. The Bertz CT molecular complexity index is 586. The predicted octanol–water partition coefficient (Wildman–Crippen LogP) is 2.02. The van der Waals surface area contributed by atoms with Crippen LogP contribution in [0.4, 0.5) is 0 Å². The quantitative estimate of drug-likeness (QED) is 0.918. The van der Waals surface area contributed by atoms with Crippen molar-refractivity contribution in [1.82, 2.24) is 14.5 Å². The van der Waals surface area contributed by atoms with Crippen molar-refractivity contribution in [3.63, 3.8) is 0 Å². The number of likely N-dealkylation sites (tertiary alicyclic amines) is 1. The zero-order chi connectivity index (χ0) is 15.4. The first kappa shape index (κ1) is 15.1. The van der Waals surface area contributed by atoms with E-state index >= 15 is 0 Å². The second kappa shape index (κ2) is 6.94. The van der Waals surface area contributed by atoms with Gasteiger partial charge in [0.2, 0.25) is 0 Å². The van der Waals surface area contributed by atoms with Crippen molar-refractivity contribution in [2.24, 2.45) is 0 Å². The van der Waals surface area contributed by atoms with Crippen LogP contribution < -0.4 is 4.74 Å². The molecule has 1 aromatic carbocycles. The van der Waals surface area contributed by atoms with Crippen molar-refractivity contribution in [2.75, 3.05) is 26.7 Å². The molecule has 0 atom stereocenters. The SMILES string of the molecule is CN1CCC(Oc2ccc(-c3nccn3CCO)cc2)CC1. The number of aromatic nitrogens is 2. The van der Waals surface area contributed by atoms with E-state index in [0.29, 0.717) is 12.6 Å². The van der Waals surface area contributed by atoms with Gasteiger partial charge in [0.25, 0.3) is 0 Å². The highest BCUT2D eigenvalue weighted by molar-refractivity contribution is 5.56. The van der Waals surface area contributed by atoms with E-state index in [1.54, 1.807) is 6.20 Å². The molecular weight excluding hydrogens is 278 g/mol. The summed E-state index contributed by atoms with van der Waals surface area (Å²) in [7, 11) is 2.15. The van der Waals surface area contributed by atoms with Crippen LogP contribution in [0.1, 0.15) is 12.8 Å². The second-order valence-corrected chi connectivity index (χ2v) is 5.81. The molecule has 0 aliphatic carbocycles. The minimum atomic E-state index is 0.112. The molecule has 1 N–H and O–H groups in total. The van der Waals surface area contributed by atoms with Gasteiger partial charge in [-0.3, -0.25) is 0 Å². The number of aliphatic hydroxyl groups is 1. The molecule has 1 aliphatic heterocycles. The van der Waals surface area contributed by atoms with E-state index in [1.807, 2.05) is 35.0 Å². The summed E-state index contributed by atoms with van der Waals surface area (Å²) in [6.45, 7) is 2.87. The maximum Gasteiger partial charge on any atom is 0.139 e. The van der Waals surface area contributed by atoms with E-state index in [4.69, 9.17) is 9.84 Å². The van der Waals surface area contributed by atoms with Crippen LogP contribution >= 0.6 is 0 Å². The number of aliphatic hydroxyl groups excluding tert-OH is 1. The van der Waals surface area contributed by atoms with E-state index in [9.17, 15) is 0 Å². The van der Waals surface area contributed by atoms with Crippen LogP contribution in [-0.4, -0.2) is 52.4 Å². The van der Waals surface area contributed by atoms with Gasteiger partial charge in [-0.15, -0.1) is 0 Å². The maximum atomic E-state index is 9.08. The monoisotopic (exact) mass is 301 g/mol. The lowest BCUT2D eigenvalue weighted by atomic mass is 10.1. The Kier molecular flexibility index (Phi) is 4.75. The average molecular weight is 301 g/mol. The van der Waals surface area contributed by atoms with Crippen molar-refractivity contribution in [3.05, 3.63) is 36.7 Å². The highest BCUT2D eigenvalue weighted by Crippen LogP contribution is 2.23. The number of benzene rings is 1. The van der Waals surface area contributed by atoms with Gasteiger partial charge >= 0.3 is 0 Å². The van der Waals surface area contributed by atoms with Gasteiger partial charge in [0.05, 0.1) is 6.61 Å². The molecule has 1 saturated heterocycles. The predicted molar refractivity (Wildman–Crippen MR) is 85.9 cm³/mol. The van der Waals surface area contributed by atoms with Crippen LogP contribution in [0.3, 0.4) is 0 Å². The topological polar surface area (TPSA) is 50.5 Å². The Morgan fingerprint density at radius 3 is 2.64 bits per heavy atom. The fourth-order valence-electron chi connectivity index (χ4n) is 2.84. The van der Waals surface area contributed by atoms with Crippen molar-refractivity contribution in [2.45, 2.75) is 25.5 Å². The van der Waals surface area contributed by atoms with Gasteiger partial charge in [0.1, 0.15) is 17.7 Å². The summed E-state index contributed by atoms with van der Waals surface area (Å²) in [4.78, 5) is 6.70. The molecule has 0 unspecified atom stereocenters. The molecule has 0 saturated carbocycles. The fourth-order valence-corrected chi connectivity index (χ4v) is 2.84. The first-order chi connectivity index (χ1) is 10.8. The van der Waals surface area contributed by atoms with Crippen LogP contribution in [0.25, 0.3) is 11.4 Å². The van der Waals surface area contributed by atoms with Gasteiger partial charge in [-0.05, 0) is 44.2 Å². The molecule has 0 spiro atoms. The van der Waals surface area contributed by atoms with Gasteiger partial charge in [0, 0.05) is 37.6 Å². The molecule has 1 aromatic heterocycles. The first-order valence-corrected chi connectivity index (χ1v) is 7.84. The summed E-state index contributed by atoms with van der Waals surface area (Å²) in [5, 5.41) is 9.08. The summed E-state index contributed by atoms with van der Waals surface area (Å²) < 4.78 is 8.01. The van der Waals surface area contributed by atoms with Gasteiger partial charge in [-0.2, -0.15) is 0 Å². The number of hydrogen-bond donors (Lipinski definition) is 1. The minimum absolute atomic E-state index is 0.112. The zero-order valence-electron chi connectivity index (χ0n) is 13.0. The summed E-state index contributed by atoms with van der Waals surface area (Å²) in [6.07, 6.45) is 6.12. The van der Waals surface area contributed by atoms with Gasteiger partial charge in [-0.1, -0.05) is 0 Å². The van der Waals surface area contributed by atoms with Gasteiger partial charge < -0.3 is 19.3 Å². The molecule has 5 heteroatoms. The summed E-state index contributed by atoms with van der Waals surface area (Å²) >= 11 is 0. The zero-order valence-corrected chi connectivity index (χ0v) is 13.0. The van der Waals surface area contributed by atoms with Crippen LogP contribution in [0.5, 0.6) is 5.75 Å². The standard InChI is InChI=1S/C17H23N3O2/c1-19-9-6-16(7-10-19)22-15-4-2-14(3-5-15)17-18-8-11-20(17)12-13-21/h2-5,8,11,16,21H,6-7,9-10,12-13H2,1H3. The number of nitrogens with zero attached hydrogens (tertiary/aromatic N) is 3. The van der Waals surface area contributed by atoms with Crippen LogP contribution in [-0.2, 0) is 6.54 Å². The number of imidazole rings is 1. The third-order valence-electron chi connectivity index (χ3n) is 4.14. The molecule has 0 amide bonds. The fraction of sp³-hybridized carbons (Fsp3) is 0.471. The number of ether oxygens (including phenoxy) is 1. The molecule has 2 heterocycles. The Balaban J connectivity index is 1.66. The molecule has 2 aromatic rings.